The monoisotopic (exact) mass is 298 g/mol. The summed E-state index contributed by atoms with van der Waals surface area (Å²) < 4.78 is 5.63. The Kier molecular flexibility index (Phi) is 5.42. The van der Waals surface area contributed by atoms with E-state index in [1.54, 1.807) is 19.0 Å². The summed E-state index contributed by atoms with van der Waals surface area (Å²) in [5.41, 5.74) is 1.74. The number of nitrogens with one attached hydrogen (secondary N) is 1. The lowest BCUT2D eigenvalue weighted by Crippen LogP contribution is -2.32. The third kappa shape index (κ3) is 3.79. The molecule has 0 spiro atoms. The van der Waals surface area contributed by atoms with Crippen LogP contribution in [0.15, 0.2) is 54.6 Å². The van der Waals surface area contributed by atoms with Gasteiger partial charge in [0.1, 0.15) is 11.8 Å². The summed E-state index contributed by atoms with van der Waals surface area (Å²) in [4.78, 5) is 14.1. The zero-order valence-corrected chi connectivity index (χ0v) is 13.2. The van der Waals surface area contributed by atoms with Gasteiger partial charge in [0.15, 0.2) is 0 Å². The first kappa shape index (κ1) is 15.9. The summed E-state index contributed by atoms with van der Waals surface area (Å²) in [5.74, 6) is 0.745. The van der Waals surface area contributed by atoms with Crippen LogP contribution in [0.3, 0.4) is 0 Å². The molecule has 1 N–H and O–H groups in total. The van der Waals surface area contributed by atoms with Gasteiger partial charge in [-0.1, -0.05) is 42.5 Å². The number of rotatable bonds is 6. The molecule has 0 bridgehead atoms. The first-order chi connectivity index (χ1) is 10.6. The second-order valence-electron chi connectivity index (χ2n) is 5.15. The van der Waals surface area contributed by atoms with Crippen LogP contribution in [0.5, 0.6) is 5.75 Å². The summed E-state index contributed by atoms with van der Waals surface area (Å²) in [7, 11) is 3.52. The van der Waals surface area contributed by atoms with Crippen LogP contribution in [0.4, 0.5) is 5.69 Å². The number of nitrogens with zero attached hydrogens (tertiary/aromatic N) is 1. The maximum absolute atomic E-state index is 12.5. The fraction of sp³-hybridized carbons (Fsp3) is 0.278. The molecule has 0 aliphatic rings. The standard InChI is InChI=1S/C18H22N2O2/c1-4-22-16-13-9-8-12-15(16)19-17(18(21)20(2)3)14-10-6-5-7-11-14/h5-13,17,19H,4H2,1-3H3. The zero-order valence-electron chi connectivity index (χ0n) is 13.2. The van der Waals surface area contributed by atoms with Gasteiger partial charge >= 0.3 is 0 Å². The Bertz CT molecular complexity index is 611. The van der Waals surface area contributed by atoms with Crippen molar-refractivity contribution in [2.75, 3.05) is 26.0 Å². The van der Waals surface area contributed by atoms with Gasteiger partial charge in [-0.3, -0.25) is 4.79 Å². The molecule has 0 fully saturated rings. The van der Waals surface area contributed by atoms with Crippen molar-refractivity contribution in [2.24, 2.45) is 0 Å². The van der Waals surface area contributed by atoms with Gasteiger partial charge < -0.3 is 15.0 Å². The van der Waals surface area contributed by atoms with Gasteiger partial charge in [-0.2, -0.15) is 0 Å². The number of amides is 1. The number of carbonyl (C=O) groups is 1. The molecule has 0 saturated heterocycles. The molecular weight excluding hydrogens is 276 g/mol. The first-order valence-corrected chi connectivity index (χ1v) is 7.38. The second-order valence-corrected chi connectivity index (χ2v) is 5.15. The van der Waals surface area contributed by atoms with Crippen LogP contribution in [-0.4, -0.2) is 31.5 Å². The molecule has 2 aromatic carbocycles. The van der Waals surface area contributed by atoms with E-state index in [4.69, 9.17) is 4.74 Å². The lowest BCUT2D eigenvalue weighted by Gasteiger charge is -2.24. The van der Waals surface area contributed by atoms with E-state index in [1.165, 1.54) is 0 Å². The van der Waals surface area contributed by atoms with Gasteiger partial charge in [-0.05, 0) is 24.6 Å². The third-order valence-corrected chi connectivity index (χ3v) is 3.31. The fourth-order valence-corrected chi connectivity index (χ4v) is 2.21. The number of ether oxygens (including phenoxy) is 1. The van der Waals surface area contributed by atoms with Crippen LogP contribution >= 0.6 is 0 Å². The zero-order chi connectivity index (χ0) is 15.9. The van der Waals surface area contributed by atoms with Crippen molar-refractivity contribution in [1.29, 1.82) is 0 Å². The minimum Gasteiger partial charge on any atom is -0.492 e. The van der Waals surface area contributed by atoms with E-state index in [-0.39, 0.29) is 5.91 Å². The highest BCUT2D eigenvalue weighted by molar-refractivity contribution is 5.86. The third-order valence-electron chi connectivity index (χ3n) is 3.31. The predicted octanol–water partition coefficient (Wildman–Crippen LogP) is 3.33. The lowest BCUT2D eigenvalue weighted by atomic mass is 10.1. The maximum atomic E-state index is 12.5. The number of carbonyl (C=O) groups excluding carboxylic acids is 1. The van der Waals surface area contributed by atoms with Crippen LogP contribution < -0.4 is 10.1 Å². The molecule has 1 unspecified atom stereocenters. The quantitative estimate of drug-likeness (QED) is 0.889. The van der Waals surface area contributed by atoms with Gasteiger partial charge in [0.05, 0.1) is 12.3 Å². The van der Waals surface area contributed by atoms with Crippen molar-refractivity contribution in [1.82, 2.24) is 4.90 Å². The SMILES string of the molecule is CCOc1ccccc1NC(C(=O)N(C)C)c1ccccc1. The van der Waals surface area contributed by atoms with E-state index in [2.05, 4.69) is 5.32 Å². The highest BCUT2D eigenvalue weighted by Gasteiger charge is 2.23. The Morgan fingerprint density at radius 2 is 1.73 bits per heavy atom. The van der Waals surface area contributed by atoms with Crippen molar-refractivity contribution < 1.29 is 9.53 Å². The van der Waals surface area contributed by atoms with Gasteiger partial charge in [0, 0.05) is 14.1 Å². The Morgan fingerprint density at radius 3 is 2.36 bits per heavy atom. The van der Waals surface area contributed by atoms with E-state index in [0.717, 1.165) is 17.0 Å². The number of hydrogen-bond donors (Lipinski definition) is 1. The van der Waals surface area contributed by atoms with Crippen molar-refractivity contribution in [3.8, 4) is 5.75 Å². The Labute approximate surface area is 131 Å². The molecule has 1 amide bonds. The average Bonchev–Trinajstić information content (AvgIpc) is 2.54. The number of para-hydroxylation sites is 2. The van der Waals surface area contributed by atoms with Crippen LogP contribution in [0.1, 0.15) is 18.5 Å². The number of benzene rings is 2. The summed E-state index contributed by atoms with van der Waals surface area (Å²) in [6.07, 6.45) is 0. The molecule has 4 heteroatoms. The molecule has 0 heterocycles. The molecule has 0 aliphatic carbocycles. The molecular formula is C18H22N2O2. The van der Waals surface area contributed by atoms with Crippen LogP contribution in [0.25, 0.3) is 0 Å². The molecule has 0 aliphatic heterocycles. The Hall–Kier alpha value is -2.49. The summed E-state index contributed by atoms with van der Waals surface area (Å²) in [6.45, 7) is 2.52. The van der Waals surface area contributed by atoms with E-state index in [0.29, 0.717) is 6.61 Å². The van der Waals surface area contributed by atoms with Crippen molar-refractivity contribution in [3.63, 3.8) is 0 Å². The second kappa shape index (κ2) is 7.50. The van der Waals surface area contributed by atoms with Gasteiger partial charge in [-0.15, -0.1) is 0 Å². The summed E-state index contributed by atoms with van der Waals surface area (Å²) in [5, 5.41) is 3.31. The molecule has 4 nitrogen and oxygen atoms in total. The summed E-state index contributed by atoms with van der Waals surface area (Å²) >= 11 is 0. The van der Waals surface area contributed by atoms with Gasteiger partial charge in [-0.25, -0.2) is 0 Å². The highest BCUT2D eigenvalue weighted by Crippen LogP contribution is 2.29. The van der Waals surface area contributed by atoms with Crippen molar-refractivity contribution >= 4 is 11.6 Å². The first-order valence-electron chi connectivity index (χ1n) is 7.38. The van der Waals surface area contributed by atoms with Crippen molar-refractivity contribution in [3.05, 3.63) is 60.2 Å². The van der Waals surface area contributed by atoms with Crippen LogP contribution in [0.2, 0.25) is 0 Å². The minimum absolute atomic E-state index is 0.00231. The normalized spacial score (nSPS) is 11.6. The molecule has 22 heavy (non-hydrogen) atoms. The minimum atomic E-state index is -0.446. The van der Waals surface area contributed by atoms with Gasteiger partial charge in [0.25, 0.3) is 0 Å². The molecule has 2 aromatic rings. The summed E-state index contributed by atoms with van der Waals surface area (Å²) in [6, 6.07) is 16.9. The predicted molar refractivity (Wildman–Crippen MR) is 89.1 cm³/mol. The Morgan fingerprint density at radius 1 is 1.09 bits per heavy atom. The molecule has 2 rings (SSSR count). The molecule has 0 aromatic heterocycles. The number of likely N-dealkylation sites (N-methyl/N-ethyl adjacent to an activating group) is 1. The van der Waals surface area contributed by atoms with E-state index >= 15 is 0 Å². The molecule has 0 radical (unpaired) electrons. The molecule has 1 atom stereocenters. The fourth-order valence-electron chi connectivity index (χ4n) is 2.21. The van der Waals surface area contributed by atoms with E-state index in [9.17, 15) is 4.79 Å². The largest absolute Gasteiger partial charge is 0.492 e. The van der Waals surface area contributed by atoms with Crippen LogP contribution in [0, 0.1) is 0 Å². The van der Waals surface area contributed by atoms with Gasteiger partial charge in [0.2, 0.25) is 5.91 Å². The lowest BCUT2D eigenvalue weighted by molar-refractivity contribution is -0.129. The highest BCUT2D eigenvalue weighted by atomic mass is 16.5. The molecule has 116 valence electrons. The van der Waals surface area contributed by atoms with Crippen molar-refractivity contribution in [2.45, 2.75) is 13.0 Å². The average molecular weight is 298 g/mol. The topological polar surface area (TPSA) is 41.6 Å². The number of hydrogen-bond acceptors (Lipinski definition) is 3. The smallest absolute Gasteiger partial charge is 0.249 e. The maximum Gasteiger partial charge on any atom is 0.249 e. The molecule has 0 saturated carbocycles. The number of anilines is 1. The van der Waals surface area contributed by atoms with E-state index in [1.807, 2.05) is 61.5 Å². The Balaban J connectivity index is 2.33. The van der Waals surface area contributed by atoms with E-state index < -0.39 is 6.04 Å². The van der Waals surface area contributed by atoms with Crippen LogP contribution in [-0.2, 0) is 4.79 Å².